The molecule has 0 bridgehead atoms. The van der Waals surface area contributed by atoms with E-state index in [4.69, 9.17) is 15.9 Å². The summed E-state index contributed by atoms with van der Waals surface area (Å²) >= 11 is -5.50. The second kappa shape index (κ2) is 6.93. The third kappa shape index (κ3) is 31600. The van der Waals surface area contributed by atoms with Crippen LogP contribution >= 0.6 is 0 Å². The fourth-order valence-electron chi connectivity index (χ4n) is 0. The van der Waals surface area contributed by atoms with E-state index in [9.17, 15) is 0 Å². The van der Waals surface area contributed by atoms with E-state index < -0.39 is 13.6 Å². The van der Waals surface area contributed by atoms with Crippen LogP contribution in [-0.2, 0) is 21.2 Å². The Bertz CT molecular complexity index is 93.6. The van der Waals surface area contributed by atoms with Gasteiger partial charge in [-0.15, -0.1) is 0 Å². The molecule has 0 amide bonds. The molecule has 0 aromatic rings. The van der Waals surface area contributed by atoms with Crippen LogP contribution < -0.4 is 16.5 Å². The number of hydrogen-bond donors (Lipinski definition) is 3. The van der Waals surface area contributed by atoms with Crippen molar-refractivity contribution in [1.29, 1.82) is 0 Å². The summed E-state index contributed by atoms with van der Waals surface area (Å²) in [6.45, 7) is 0. The summed E-state index contributed by atoms with van der Waals surface area (Å²) in [6, 6.07) is 0. The zero-order chi connectivity index (χ0) is 4.50. The van der Waals surface area contributed by atoms with E-state index in [1.807, 2.05) is 0 Å². The monoisotopic (exact) mass is 170 g/mol. The van der Waals surface area contributed by atoms with Crippen LogP contribution in [0.15, 0.2) is 0 Å². The predicted molar refractivity (Wildman–Crippen MR) is 17.5 cm³/mol. The zero-order valence-corrected chi connectivity index (χ0v) is 5.80. The quantitative estimate of drug-likeness (QED) is 0.402. The van der Waals surface area contributed by atoms with Gasteiger partial charge >= 0.3 is 29.5 Å². The Kier molecular flexibility index (Phi) is 21.4. The van der Waals surface area contributed by atoms with Gasteiger partial charge in [0.05, 0.1) is 0 Å². The van der Waals surface area contributed by atoms with Crippen LogP contribution in [0.1, 0.15) is 0 Å². The Balaban J connectivity index is -0.0000000267. The van der Waals surface area contributed by atoms with Gasteiger partial charge in [0.25, 0.3) is 0 Å². The second-order valence-corrected chi connectivity index (χ2v) is 1.76. The van der Waals surface area contributed by atoms with Gasteiger partial charge in [0.15, 0.2) is 0 Å². The maximum atomic E-state index is 8.70. The molecule has 0 aliphatic heterocycles. The molecule has 0 atom stereocenters. The van der Waals surface area contributed by atoms with E-state index in [1.54, 1.807) is 0 Å². The van der Waals surface area contributed by atoms with E-state index in [-0.39, 0.29) is 17.8 Å². The molecule has 0 aromatic carbocycles. The summed E-state index contributed by atoms with van der Waals surface area (Å²) in [6.07, 6.45) is 0. The van der Waals surface area contributed by atoms with Gasteiger partial charge in [-0.3, -0.25) is 0 Å². The van der Waals surface area contributed by atoms with Crippen LogP contribution in [0, 0.1) is 0 Å². The van der Waals surface area contributed by atoms with Crippen molar-refractivity contribution in [3.63, 3.8) is 0 Å². The topological polar surface area (TPSA) is 180 Å². The predicted octanol–water partition coefficient (Wildman–Crippen LogP) is -1.41. The van der Waals surface area contributed by atoms with Crippen molar-refractivity contribution in [1.82, 2.24) is 12.3 Å². The van der Waals surface area contributed by atoms with E-state index in [1.165, 1.54) is 0 Å². The van der Waals surface area contributed by atoms with Crippen molar-refractivity contribution in [2.24, 2.45) is 0 Å². The molecular weight excluding hydrogens is 160 g/mol. The van der Waals surface area contributed by atoms with Gasteiger partial charge in [-0.2, -0.15) is 0 Å². The molecule has 0 aromatic heterocycles. The van der Waals surface area contributed by atoms with Crippen molar-refractivity contribution < 1.29 is 35.0 Å². The Morgan fingerprint density at radius 2 is 1.25 bits per heavy atom. The molecule has 0 unspecified atom stereocenters. The fourth-order valence-corrected chi connectivity index (χ4v) is 0. The normalized spacial score (nSPS) is 7.25. The first-order chi connectivity index (χ1) is 2.00. The van der Waals surface area contributed by atoms with Gasteiger partial charge in [0.1, 0.15) is 0 Å². The van der Waals surface area contributed by atoms with Crippen molar-refractivity contribution in [3.05, 3.63) is 0 Å². The first-order valence-electron chi connectivity index (χ1n) is 0.683. The average molecular weight is 170 g/mol. The molecule has 7 nitrogen and oxygen atoms in total. The molecular formula is H10CrN2O5. The minimum absolute atomic E-state index is 0. The Hall–Kier alpha value is -0.0675. The summed E-state index contributed by atoms with van der Waals surface area (Å²) in [4.78, 5) is 0. The van der Waals surface area contributed by atoms with Crippen LogP contribution in [-0.4, -0.2) is 9.63 Å². The van der Waals surface area contributed by atoms with Crippen molar-refractivity contribution >= 4 is 0 Å². The van der Waals surface area contributed by atoms with Gasteiger partial charge in [0.2, 0.25) is 0 Å². The van der Waals surface area contributed by atoms with Crippen LogP contribution in [0.25, 0.3) is 0 Å². The van der Waals surface area contributed by atoms with E-state index in [2.05, 4.69) is 0 Å². The molecule has 8 heteroatoms. The first-order valence-corrected chi connectivity index (χ1v) is 2.81. The molecule has 0 saturated heterocycles. The van der Waals surface area contributed by atoms with Crippen LogP contribution in [0.4, 0.5) is 0 Å². The van der Waals surface area contributed by atoms with E-state index >= 15 is 0 Å². The first kappa shape index (κ1) is 24.7. The van der Waals surface area contributed by atoms with Crippen molar-refractivity contribution in [2.75, 3.05) is 0 Å². The molecule has 0 rings (SSSR count). The second-order valence-electron chi connectivity index (χ2n) is 0.428. The third-order valence-corrected chi connectivity index (χ3v) is 0. The summed E-state index contributed by atoms with van der Waals surface area (Å²) in [7, 11) is 0. The van der Waals surface area contributed by atoms with Crippen molar-refractivity contribution in [2.45, 2.75) is 0 Å². The third-order valence-electron chi connectivity index (χ3n) is 0. The zero-order valence-electron chi connectivity index (χ0n) is 4.53. The molecule has 56 valence electrons. The molecule has 8 heavy (non-hydrogen) atoms. The van der Waals surface area contributed by atoms with E-state index in [0.29, 0.717) is 0 Å². The summed E-state index contributed by atoms with van der Waals surface area (Å²) in [5.41, 5.74) is 0. The SMILES string of the molecule is [NH4+].[NH4+].[OH-].[O]=[Cr](=[O])([O-])[OH]. The Labute approximate surface area is 48.2 Å². The molecule has 0 aliphatic rings. The molecule has 0 saturated carbocycles. The minimum atomic E-state index is -5.50. The molecule has 0 aliphatic carbocycles. The van der Waals surface area contributed by atoms with Gasteiger partial charge in [-0.05, 0) is 0 Å². The Morgan fingerprint density at radius 3 is 1.25 bits per heavy atom. The van der Waals surface area contributed by atoms with Crippen LogP contribution in [0.5, 0.6) is 0 Å². The van der Waals surface area contributed by atoms with E-state index in [0.717, 1.165) is 0 Å². The molecule has 0 radical (unpaired) electrons. The molecule has 0 fully saturated rings. The van der Waals surface area contributed by atoms with Gasteiger partial charge in [0, 0.05) is 0 Å². The molecule has 0 spiro atoms. The van der Waals surface area contributed by atoms with Crippen molar-refractivity contribution in [3.8, 4) is 0 Å². The van der Waals surface area contributed by atoms with Gasteiger partial charge in [-0.1, -0.05) is 0 Å². The summed E-state index contributed by atoms with van der Waals surface area (Å²) in [5.74, 6) is 0. The van der Waals surface area contributed by atoms with Gasteiger partial charge < -0.3 is 17.8 Å². The average Bonchev–Trinajstić information content (AvgIpc) is 0.722. The fraction of sp³-hybridized carbons (Fsp3) is 0. The molecule has 0 heterocycles. The summed E-state index contributed by atoms with van der Waals surface area (Å²) in [5, 5.41) is 0. The van der Waals surface area contributed by atoms with Gasteiger partial charge in [-0.25, -0.2) is 0 Å². The van der Waals surface area contributed by atoms with Crippen LogP contribution in [0.3, 0.4) is 0 Å². The standard InChI is InChI=1S/Cr.2H3N.2H2O.3O/h;2*1H3;2*1H2;;;/q+1;;;;;;;-1. The molecule has 10 N–H and O–H groups in total. The summed E-state index contributed by atoms with van der Waals surface area (Å²) < 4.78 is 33.1. The maximum absolute atomic E-state index is 8.70. The number of hydrogen-bond acceptors (Lipinski definition) is 4. The number of quaternary nitrogens is 2. The van der Waals surface area contributed by atoms with Crippen LogP contribution in [0.2, 0.25) is 0 Å². The Morgan fingerprint density at radius 1 is 1.25 bits per heavy atom. The number of rotatable bonds is 0.